The van der Waals surface area contributed by atoms with Gasteiger partial charge in [0.05, 0.1) is 15.0 Å². The van der Waals surface area contributed by atoms with E-state index in [0.29, 0.717) is 10.0 Å². The highest BCUT2D eigenvalue weighted by atomic mass is 35.5. The van der Waals surface area contributed by atoms with Gasteiger partial charge in [-0.15, -0.1) is 0 Å². The molecule has 0 amide bonds. The quantitative estimate of drug-likeness (QED) is 0.504. The molecule has 3 aromatic carbocycles. The van der Waals surface area contributed by atoms with Crippen LogP contribution < -0.4 is 0 Å². The van der Waals surface area contributed by atoms with Crippen LogP contribution in [0.3, 0.4) is 0 Å². The van der Waals surface area contributed by atoms with Gasteiger partial charge in [0.2, 0.25) is 10.0 Å². The van der Waals surface area contributed by atoms with Crippen LogP contribution in [-0.4, -0.2) is 39.5 Å². The highest BCUT2D eigenvalue weighted by Gasteiger charge is 2.39. The Balaban J connectivity index is 1.53. The van der Waals surface area contributed by atoms with Crippen LogP contribution in [0.4, 0.5) is 0 Å². The normalized spacial score (nSPS) is 17.7. The predicted molar refractivity (Wildman–Crippen MR) is 123 cm³/mol. The zero-order valence-corrected chi connectivity index (χ0v) is 19.4. The monoisotopic (exact) mass is 495 g/mol. The molecule has 1 saturated heterocycles. The summed E-state index contributed by atoms with van der Waals surface area (Å²) in [6.45, 7) is 0.0744. The Morgan fingerprint density at radius 1 is 0.677 bits per heavy atom. The molecule has 0 radical (unpaired) electrons. The van der Waals surface area contributed by atoms with Crippen LogP contribution in [0.25, 0.3) is 11.1 Å². The summed E-state index contributed by atoms with van der Waals surface area (Å²) in [6, 6.07) is 19.7. The SMILES string of the molecule is O=S(=O)(c1ccc(Cl)cc1)C1CCN(S(=O)(=O)c2ccc(-c3ccc(Cl)cc3)cc2)C1. The molecule has 1 unspecified atom stereocenters. The molecule has 1 aliphatic heterocycles. The maximum Gasteiger partial charge on any atom is 0.243 e. The van der Waals surface area contributed by atoms with Crippen molar-refractivity contribution in [2.75, 3.05) is 13.1 Å². The summed E-state index contributed by atoms with van der Waals surface area (Å²) < 4.78 is 53.2. The van der Waals surface area contributed by atoms with Crippen LogP contribution in [0, 0.1) is 0 Å². The van der Waals surface area contributed by atoms with Crippen molar-refractivity contribution >= 4 is 43.1 Å². The Morgan fingerprint density at radius 2 is 1.13 bits per heavy atom. The summed E-state index contributed by atoms with van der Waals surface area (Å²) in [7, 11) is -7.45. The Bertz CT molecular complexity index is 1290. The van der Waals surface area contributed by atoms with Crippen LogP contribution in [0.5, 0.6) is 0 Å². The van der Waals surface area contributed by atoms with Gasteiger partial charge in [0.15, 0.2) is 9.84 Å². The molecule has 1 aliphatic rings. The van der Waals surface area contributed by atoms with Crippen LogP contribution in [0.15, 0.2) is 82.6 Å². The zero-order chi connectivity index (χ0) is 22.2. The first-order chi connectivity index (χ1) is 14.7. The molecule has 1 fully saturated rings. The lowest BCUT2D eigenvalue weighted by molar-refractivity contribution is 0.476. The molecule has 4 rings (SSSR count). The molecule has 5 nitrogen and oxygen atoms in total. The Morgan fingerprint density at radius 3 is 1.68 bits per heavy atom. The van der Waals surface area contributed by atoms with Gasteiger partial charge >= 0.3 is 0 Å². The molecular formula is C22H19Cl2NO4S2. The molecule has 0 saturated carbocycles. The smallest absolute Gasteiger partial charge is 0.223 e. The molecule has 0 N–H and O–H groups in total. The van der Waals surface area contributed by atoms with Crippen LogP contribution in [-0.2, 0) is 19.9 Å². The third-order valence-electron chi connectivity index (χ3n) is 5.36. The van der Waals surface area contributed by atoms with Gasteiger partial charge in [-0.25, -0.2) is 16.8 Å². The molecule has 1 heterocycles. The largest absolute Gasteiger partial charge is 0.243 e. The molecule has 3 aromatic rings. The van der Waals surface area contributed by atoms with Crippen LogP contribution in [0.1, 0.15) is 6.42 Å². The molecule has 162 valence electrons. The first-order valence-corrected chi connectivity index (χ1v) is 13.3. The second-order valence-corrected chi connectivity index (χ2v) is 12.3. The maximum absolute atomic E-state index is 13.1. The lowest BCUT2D eigenvalue weighted by Crippen LogP contribution is -2.32. The van der Waals surface area contributed by atoms with E-state index in [1.165, 1.54) is 28.6 Å². The van der Waals surface area contributed by atoms with E-state index in [2.05, 4.69) is 0 Å². The van der Waals surface area contributed by atoms with Gasteiger partial charge in [-0.1, -0.05) is 47.5 Å². The second kappa shape index (κ2) is 8.56. The topological polar surface area (TPSA) is 71.5 Å². The summed E-state index contributed by atoms with van der Waals surface area (Å²) >= 11 is 11.8. The molecular weight excluding hydrogens is 477 g/mol. The van der Waals surface area contributed by atoms with Crippen LogP contribution >= 0.6 is 23.2 Å². The Labute approximate surface area is 192 Å². The average Bonchev–Trinajstić information content (AvgIpc) is 3.27. The van der Waals surface area contributed by atoms with Gasteiger partial charge in [0, 0.05) is 23.1 Å². The van der Waals surface area contributed by atoms with E-state index in [4.69, 9.17) is 23.2 Å². The Hall–Kier alpha value is -1.90. The second-order valence-electron chi connectivity index (χ2n) is 7.30. The van der Waals surface area contributed by atoms with Gasteiger partial charge in [0.1, 0.15) is 0 Å². The summed E-state index contributed by atoms with van der Waals surface area (Å²) in [5, 5.41) is 0.272. The van der Waals surface area contributed by atoms with Crippen molar-refractivity contribution in [3.63, 3.8) is 0 Å². The van der Waals surface area contributed by atoms with Crippen molar-refractivity contribution in [3.05, 3.63) is 82.8 Å². The van der Waals surface area contributed by atoms with Crippen LogP contribution in [0.2, 0.25) is 10.0 Å². The van der Waals surface area contributed by atoms with Crippen molar-refractivity contribution in [2.24, 2.45) is 0 Å². The number of sulfonamides is 1. The van der Waals surface area contributed by atoms with E-state index in [9.17, 15) is 16.8 Å². The Kier molecular flexibility index (Phi) is 6.16. The number of hydrogen-bond acceptors (Lipinski definition) is 4. The first kappa shape index (κ1) is 22.3. The number of halogens is 2. The molecule has 1 atom stereocenters. The minimum Gasteiger partial charge on any atom is -0.223 e. The summed E-state index contributed by atoms with van der Waals surface area (Å²) in [5.41, 5.74) is 1.78. The minimum atomic E-state index is -3.80. The van der Waals surface area contributed by atoms with E-state index in [0.717, 1.165) is 11.1 Å². The van der Waals surface area contributed by atoms with Gasteiger partial charge in [-0.3, -0.25) is 0 Å². The third-order valence-corrected chi connectivity index (χ3v) is 9.93. The lowest BCUT2D eigenvalue weighted by atomic mass is 10.1. The average molecular weight is 496 g/mol. The summed E-state index contributed by atoms with van der Waals surface area (Å²) in [6.07, 6.45) is 0.243. The fourth-order valence-corrected chi connectivity index (χ4v) is 7.14. The third kappa shape index (κ3) is 4.52. The summed E-state index contributed by atoms with van der Waals surface area (Å²) in [5.74, 6) is 0. The highest BCUT2D eigenvalue weighted by molar-refractivity contribution is 7.92. The van der Waals surface area contributed by atoms with E-state index in [1.807, 2.05) is 12.1 Å². The fraction of sp³-hybridized carbons (Fsp3) is 0.182. The molecule has 0 aliphatic carbocycles. The number of sulfone groups is 1. The highest BCUT2D eigenvalue weighted by Crippen LogP contribution is 2.30. The van der Waals surface area contributed by atoms with E-state index >= 15 is 0 Å². The first-order valence-electron chi connectivity index (χ1n) is 9.53. The number of nitrogens with zero attached hydrogens (tertiary/aromatic N) is 1. The van der Waals surface area contributed by atoms with Crippen molar-refractivity contribution in [1.82, 2.24) is 4.31 Å². The molecule has 31 heavy (non-hydrogen) atoms. The van der Waals surface area contributed by atoms with Crippen molar-refractivity contribution in [1.29, 1.82) is 0 Å². The van der Waals surface area contributed by atoms with E-state index in [1.54, 1.807) is 36.4 Å². The van der Waals surface area contributed by atoms with Gasteiger partial charge in [-0.05, 0) is 66.1 Å². The predicted octanol–water partition coefficient (Wildman–Crippen LogP) is 4.90. The lowest BCUT2D eigenvalue weighted by Gasteiger charge is -2.17. The number of benzene rings is 3. The maximum atomic E-state index is 13.1. The van der Waals surface area contributed by atoms with Crippen molar-refractivity contribution in [3.8, 4) is 11.1 Å². The van der Waals surface area contributed by atoms with Gasteiger partial charge in [-0.2, -0.15) is 4.31 Å². The van der Waals surface area contributed by atoms with Gasteiger partial charge in [0.25, 0.3) is 0 Å². The summed E-state index contributed by atoms with van der Waals surface area (Å²) in [4.78, 5) is 0.281. The number of rotatable bonds is 5. The molecule has 9 heteroatoms. The van der Waals surface area contributed by atoms with Crippen molar-refractivity contribution < 1.29 is 16.8 Å². The van der Waals surface area contributed by atoms with Gasteiger partial charge < -0.3 is 0 Å². The minimum absolute atomic E-state index is 0.0772. The van der Waals surface area contributed by atoms with E-state index < -0.39 is 25.1 Å². The standard InChI is InChI=1S/C22H19Cl2NO4S2/c23-18-5-1-16(2-6-18)17-3-9-21(10-4-17)31(28,29)25-14-13-22(15-25)30(26,27)20-11-7-19(24)8-12-20/h1-12,22H,13-15H2. The fourth-order valence-electron chi connectivity index (χ4n) is 3.60. The zero-order valence-electron chi connectivity index (χ0n) is 16.3. The van der Waals surface area contributed by atoms with Crippen molar-refractivity contribution in [2.45, 2.75) is 21.5 Å². The molecule has 0 spiro atoms. The van der Waals surface area contributed by atoms with E-state index in [-0.39, 0.29) is 29.3 Å². The molecule has 0 aromatic heterocycles. The number of hydrogen-bond donors (Lipinski definition) is 0. The molecule has 0 bridgehead atoms.